The monoisotopic (exact) mass is 296 g/mol. The topological polar surface area (TPSA) is 67.7 Å². The van der Waals surface area contributed by atoms with Crippen LogP contribution in [0.4, 0.5) is 13.2 Å². The van der Waals surface area contributed by atoms with E-state index in [1.54, 1.807) is 6.07 Å². The molecule has 0 spiro atoms. The zero-order valence-electron chi connectivity index (χ0n) is 10.3. The Hall–Kier alpha value is -2.77. The summed E-state index contributed by atoms with van der Waals surface area (Å²) in [6.45, 7) is 0. The average Bonchev–Trinajstić information content (AvgIpc) is 3.05. The number of rotatable bonds is 2. The standard InChI is InChI=1S/C13H7F3N2O3/c14-13(15,16)8-4-7(10-2-1-3-21-10)5-18-6-9(12(19)20)17-11(8)18/h1-6H,(H,19,20). The minimum absolute atomic E-state index is 0.175. The molecule has 0 amide bonds. The molecule has 0 aliphatic carbocycles. The van der Waals surface area contributed by atoms with Crippen LogP contribution in [0.15, 0.2) is 41.3 Å². The molecule has 108 valence electrons. The molecule has 1 N–H and O–H groups in total. The van der Waals surface area contributed by atoms with Crippen LogP contribution in [0.25, 0.3) is 17.0 Å². The molecule has 0 unspecified atom stereocenters. The van der Waals surface area contributed by atoms with E-state index >= 15 is 0 Å². The van der Waals surface area contributed by atoms with Crippen molar-refractivity contribution in [2.24, 2.45) is 0 Å². The van der Waals surface area contributed by atoms with Crippen LogP contribution in [-0.2, 0) is 6.18 Å². The highest BCUT2D eigenvalue weighted by Gasteiger charge is 2.35. The highest BCUT2D eigenvalue weighted by atomic mass is 19.4. The molecule has 3 rings (SSSR count). The molecule has 8 heteroatoms. The maximum absolute atomic E-state index is 13.1. The van der Waals surface area contributed by atoms with Gasteiger partial charge in [-0.2, -0.15) is 13.2 Å². The Morgan fingerprint density at radius 3 is 2.67 bits per heavy atom. The van der Waals surface area contributed by atoms with Gasteiger partial charge in [0.25, 0.3) is 0 Å². The molecular formula is C13H7F3N2O3. The van der Waals surface area contributed by atoms with E-state index in [9.17, 15) is 18.0 Å². The van der Waals surface area contributed by atoms with Crippen LogP contribution in [0.1, 0.15) is 16.1 Å². The number of pyridine rings is 1. The Kier molecular flexibility index (Phi) is 2.75. The van der Waals surface area contributed by atoms with Crippen molar-refractivity contribution < 1.29 is 27.5 Å². The SMILES string of the molecule is O=C(O)c1cn2cc(-c3ccco3)cc(C(F)(F)F)c2n1. The first-order chi connectivity index (χ1) is 9.86. The second-order valence-corrected chi connectivity index (χ2v) is 4.28. The fraction of sp³-hybridized carbons (Fsp3) is 0.0769. The Labute approximate surface area is 115 Å². The molecule has 0 fully saturated rings. The highest BCUT2D eigenvalue weighted by Crippen LogP contribution is 2.35. The van der Waals surface area contributed by atoms with Crippen molar-refractivity contribution in [2.45, 2.75) is 6.18 Å². The lowest BCUT2D eigenvalue weighted by atomic mass is 10.1. The van der Waals surface area contributed by atoms with E-state index in [-0.39, 0.29) is 11.3 Å². The summed E-state index contributed by atoms with van der Waals surface area (Å²) in [6.07, 6.45) is -0.962. The molecule has 0 aromatic carbocycles. The van der Waals surface area contributed by atoms with Gasteiger partial charge in [-0.15, -0.1) is 0 Å². The summed E-state index contributed by atoms with van der Waals surface area (Å²) in [7, 11) is 0. The lowest BCUT2D eigenvalue weighted by Crippen LogP contribution is -2.08. The zero-order valence-corrected chi connectivity index (χ0v) is 10.3. The minimum atomic E-state index is -4.66. The minimum Gasteiger partial charge on any atom is -0.476 e. The van der Waals surface area contributed by atoms with Gasteiger partial charge in [0.15, 0.2) is 5.69 Å². The third-order valence-electron chi connectivity index (χ3n) is 2.88. The van der Waals surface area contributed by atoms with E-state index in [4.69, 9.17) is 9.52 Å². The lowest BCUT2D eigenvalue weighted by molar-refractivity contribution is -0.136. The van der Waals surface area contributed by atoms with Gasteiger partial charge in [-0.25, -0.2) is 9.78 Å². The van der Waals surface area contributed by atoms with E-state index in [1.165, 1.54) is 18.5 Å². The van der Waals surface area contributed by atoms with Gasteiger partial charge in [0.05, 0.1) is 11.8 Å². The van der Waals surface area contributed by atoms with Crippen LogP contribution in [0.3, 0.4) is 0 Å². The summed E-state index contributed by atoms with van der Waals surface area (Å²) in [5.41, 5.74) is -1.77. The maximum atomic E-state index is 13.1. The number of furan rings is 1. The summed E-state index contributed by atoms with van der Waals surface area (Å²) >= 11 is 0. The van der Waals surface area contributed by atoms with Gasteiger partial charge in [-0.3, -0.25) is 0 Å². The van der Waals surface area contributed by atoms with E-state index in [2.05, 4.69) is 4.98 Å². The van der Waals surface area contributed by atoms with Gasteiger partial charge >= 0.3 is 12.1 Å². The van der Waals surface area contributed by atoms with E-state index in [0.717, 1.165) is 16.7 Å². The van der Waals surface area contributed by atoms with Crippen LogP contribution < -0.4 is 0 Å². The van der Waals surface area contributed by atoms with Gasteiger partial charge in [0.2, 0.25) is 0 Å². The molecular weight excluding hydrogens is 289 g/mol. The number of carboxylic acid groups (broad SMARTS) is 1. The number of imidazole rings is 1. The molecule has 5 nitrogen and oxygen atoms in total. The maximum Gasteiger partial charge on any atom is 0.420 e. The Balaban J connectivity index is 2.32. The van der Waals surface area contributed by atoms with Crippen molar-refractivity contribution in [3.8, 4) is 11.3 Å². The largest absolute Gasteiger partial charge is 0.476 e. The molecule has 0 bridgehead atoms. The van der Waals surface area contributed by atoms with Crippen LogP contribution in [0.2, 0.25) is 0 Å². The number of aromatic carboxylic acids is 1. The number of halogens is 3. The smallest absolute Gasteiger partial charge is 0.420 e. The van der Waals surface area contributed by atoms with Crippen LogP contribution >= 0.6 is 0 Å². The summed E-state index contributed by atoms with van der Waals surface area (Å²) in [5.74, 6) is -1.15. The Morgan fingerprint density at radius 2 is 2.10 bits per heavy atom. The fourth-order valence-corrected chi connectivity index (χ4v) is 1.99. The molecule has 3 aromatic heterocycles. The van der Waals surface area contributed by atoms with Crippen molar-refractivity contribution in [1.29, 1.82) is 0 Å². The Morgan fingerprint density at radius 1 is 1.33 bits per heavy atom. The number of carboxylic acids is 1. The normalized spacial score (nSPS) is 12.0. The number of carbonyl (C=O) groups is 1. The number of fused-ring (bicyclic) bond motifs is 1. The molecule has 0 atom stereocenters. The molecule has 0 aliphatic heterocycles. The summed E-state index contributed by atoms with van der Waals surface area (Å²) in [4.78, 5) is 14.4. The first-order valence-electron chi connectivity index (χ1n) is 5.73. The van der Waals surface area contributed by atoms with E-state index < -0.39 is 29.1 Å². The second kappa shape index (κ2) is 4.37. The average molecular weight is 296 g/mol. The van der Waals surface area contributed by atoms with Gasteiger partial charge in [0, 0.05) is 18.0 Å². The molecule has 0 radical (unpaired) electrons. The summed E-state index contributed by atoms with van der Waals surface area (Å²) in [5, 5.41) is 8.86. The van der Waals surface area contributed by atoms with Gasteiger partial charge < -0.3 is 13.9 Å². The second-order valence-electron chi connectivity index (χ2n) is 4.28. The fourth-order valence-electron chi connectivity index (χ4n) is 1.99. The quantitative estimate of drug-likeness (QED) is 0.787. The van der Waals surface area contributed by atoms with Crippen molar-refractivity contribution in [1.82, 2.24) is 9.38 Å². The molecule has 0 saturated heterocycles. The predicted octanol–water partition coefficient (Wildman–Crippen LogP) is 3.31. The number of nitrogens with zero attached hydrogens (tertiary/aromatic N) is 2. The van der Waals surface area contributed by atoms with Gasteiger partial charge in [-0.1, -0.05) is 0 Å². The van der Waals surface area contributed by atoms with Crippen molar-refractivity contribution in [3.05, 3.63) is 48.1 Å². The lowest BCUT2D eigenvalue weighted by Gasteiger charge is -2.09. The van der Waals surface area contributed by atoms with Crippen LogP contribution in [0, 0.1) is 0 Å². The first-order valence-corrected chi connectivity index (χ1v) is 5.73. The number of hydrogen-bond acceptors (Lipinski definition) is 3. The molecule has 3 heterocycles. The van der Waals surface area contributed by atoms with Crippen LogP contribution in [0.5, 0.6) is 0 Å². The van der Waals surface area contributed by atoms with Crippen molar-refractivity contribution >= 4 is 11.6 Å². The van der Waals surface area contributed by atoms with Crippen molar-refractivity contribution in [3.63, 3.8) is 0 Å². The van der Waals surface area contributed by atoms with E-state index in [1.807, 2.05) is 0 Å². The first kappa shape index (κ1) is 13.2. The number of hydrogen-bond donors (Lipinski definition) is 1. The van der Waals surface area contributed by atoms with E-state index in [0.29, 0.717) is 0 Å². The predicted molar refractivity (Wildman–Crippen MR) is 64.9 cm³/mol. The third kappa shape index (κ3) is 2.24. The summed E-state index contributed by atoms with van der Waals surface area (Å²) in [6, 6.07) is 3.94. The number of alkyl halides is 3. The van der Waals surface area contributed by atoms with Crippen molar-refractivity contribution in [2.75, 3.05) is 0 Å². The van der Waals surface area contributed by atoms with Gasteiger partial charge in [-0.05, 0) is 18.2 Å². The van der Waals surface area contributed by atoms with Crippen LogP contribution in [-0.4, -0.2) is 20.5 Å². The molecule has 3 aromatic rings. The zero-order chi connectivity index (χ0) is 15.2. The highest BCUT2D eigenvalue weighted by molar-refractivity contribution is 5.86. The molecule has 21 heavy (non-hydrogen) atoms. The third-order valence-corrected chi connectivity index (χ3v) is 2.88. The Bertz CT molecular complexity index is 819. The molecule has 0 saturated carbocycles. The molecule has 0 aliphatic rings. The number of aromatic nitrogens is 2. The van der Waals surface area contributed by atoms with Gasteiger partial charge in [0.1, 0.15) is 11.4 Å². The summed E-state index contributed by atoms with van der Waals surface area (Å²) < 4.78 is 45.5.